The molecule has 1 aromatic heterocycles. The third-order valence-electron chi connectivity index (χ3n) is 4.67. The predicted octanol–water partition coefficient (Wildman–Crippen LogP) is 3.56. The summed E-state index contributed by atoms with van der Waals surface area (Å²) >= 11 is 0. The van der Waals surface area contributed by atoms with Gasteiger partial charge in [-0.3, -0.25) is 4.79 Å². The molecule has 0 spiro atoms. The van der Waals surface area contributed by atoms with Crippen molar-refractivity contribution >= 4 is 28.6 Å². The lowest BCUT2D eigenvalue weighted by atomic mass is 9.96. The van der Waals surface area contributed by atoms with Gasteiger partial charge in [-0.15, -0.1) is 0 Å². The predicted molar refractivity (Wildman–Crippen MR) is 96.1 cm³/mol. The SMILES string of the molecule is O=C(Nc1ccccc1F)C1CCN(c2nc3ccccc3[nH]2)CC1. The number of anilines is 2. The summed E-state index contributed by atoms with van der Waals surface area (Å²) < 4.78 is 13.7. The van der Waals surface area contributed by atoms with E-state index in [4.69, 9.17) is 0 Å². The molecule has 1 fully saturated rings. The van der Waals surface area contributed by atoms with Crippen molar-refractivity contribution in [3.8, 4) is 0 Å². The lowest BCUT2D eigenvalue weighted by Gasteiger charge is -2.31. The number of imidazole rings is 1. The molecule has 0 saturated carbocycles. The first-order valence-electron chi connectivity index (χ1n) is 8.46. The molecule has 5 nitrogen and oxygen atoms in total. The van der Waals surface area contributed by atoms with Gasteiger partial charge in [0.05, 0.1) is 16.7 Å². The summed E-state index contributed by atoms with van der Waals surface area (Å²) in [5.74, 6) is 0.208. The first-order chi connectivity index (χ1) is 12.2. The maximum absolute atomic E-state index is 13.7. The lowest BCUT2D eigenvalue weighted by Crippen LogP contribution is -2.38. The highest BCUT2D eigenvalue weighted by Gasteiger charge is 2.26. The maximum atomic E-state index is 13.7. The Morgan fingerprint density at radius 2 is 1.84 bits per heavy atom. The molecule has 0 unspecified atom stereocenters. The number of benzene rings is 2. The van der Waals surface area contributed by atoms with Gasteiger partial charge in [0.2, 0.25) is 11.9 Å². The van der Waals surface area contributed by atoms with E-state index < -0.39 is 5.82 Å². The van der Waals surface area contributed by atoms with Gasteiger partial charge in [-0.2, -0.15) is 0 Å². The number of rotatable bonds is 3. The molecule has 0 aliphatic carbocycles. The molecular formula is C19H19FN4O. The summed E-state index contributed by atoms with van der Waals surface area (Å²) in [4.78, 5) is 22.5. The van der Waals surface area contributed by atoms with Crippen LogP contribution in [0.25, 0.3) is 11.0 Å². The van der Waals surface area contributed by atoms with Crippen molar-refractivity contribution in [3.05, 3.63) is 54.3 Å². The Balaban J connectivity index is 1.39. The zero-order chi connectivity index (χ0) is 17.2. The molecule has 1 aliphatic heterocycles. The number of H-pyrrole nitrogens is 1. The average Bonchev–Trinajstić information content (AvgIpc) is 3.08. The van der Waals surface area contributed by atoms with Gasteiger partial charge in [0.15, 0.2) is 0 Å². The van der Waals surface area contributed by atoms with E-state index in [1.165, 1.54) is 6.07 Å². The van der Waals surface area contributed by atoms with Gasteiger partial charge in [-0.1, -0.05) is 24.3 Å². The second-order valence-corrected chi connectivity index (χ2v) is 6.31. The number of halogens is 1. The third-order valence-corrected chi connectivity index (χ3v) is 4.67. The highest BCUT2D eigenvalue weighted by Crippen LogP contribution is 2.25. The number of carbonyl (C=O) groups is 1. The summed E-state index contributed by atoms with van der Waals surface area (Å²) in [5, 5.41) is 2.70. The van der Waals surface area contributed by atoms with Crippen molar-refractivity contribution in [1.29, 1.82) is 0 Å². The van der Waals surface area contributed by atoms with Crippen LogP contribution in [0.4, 0.5) is 16.0 Å². The quantitative estimate of drug-likeness (QED) is 0.768. The van der Waals surface area contributed by atoms with Crippen LogP contribution in [-0.2, 0) is 4.79 Å². The summed E-state index contributed by atoms with van der Waals surface area (Å²) in [6.07, 6.45) is 1.44. The van der Waals surface area contributed by atoms with Crippen molar-refractivity contribution in [2.75, 3.05) is 23.3 Å². The smallest absolute Gasteiger partial charge is 0.227 e. The molecule has 4 rings (SSSR count). The number of para-hydroxylation sites is 3. The number of piperidine rings is 1. The van der Waals surface area contributed by atoms with Crippen LogP contribution < -0.4 is 10.2 Å². The first-order valence-corrected chi connectivity index (χ1v) is 8.46. The minimum atomic E-state index is -0.407. The summed E-state index contributed by atoms with van der Waals surface area (Å²) in [7, 11) is 0. The average molecular weight is 338 g/mol. The number of amides is 1. The standard InChI is InChI=1S/C19H19FN4O/c20-14-5-1-2-6-15(14)21-18(25)13-9-11-24(12-10-13)19-22-16-7-3-4-8-17(16)23-19/h1-8,13H,9-12H2,(H,21,25)(H,22,23). The molecule has 128 valence electrons. The summed E-state index contributed by atoms with van der Waals surface area (Å²) in [6, 6.07) is 14.2. The van der Waals surface area contributed by atoms with Crippen LogP contribution in [0.2, 0.25) is 0 Å². The molecule has 25 heavy (non-hydrogen) atoms. The van der Waals surface area contributed by atoms with Crippen LogP contribution in [0, 0.1) is 11.7 Å². The molecule has 0 atom stereocenters. The Labute approximate surface area is 144 Å². The molecule has 2 N–H and O–H groups in total. The Kier molecular flexibility index (Phi) is 4.09. The van der Waals surface area contributed by atoms with E-state index in [0.29, 0.717) is 0 Å². The van der Waals surface area contributed by atoms with E-state index in [0.717, 1.165) is 42.9 Å². The molecule has 0 radical (unpaired) electrons. The number of nitrogens with zero attached hydrogens (tertiary/aromatic N) is 2. The Hall–Kier alpha value is -2.89. The largest absolute Gasteiger partial charge is 0.342 e. The third kappa shape index (κ3) is 3.20. The Bertz CT molecular complexity index is 866. The van der Waals surface area contributed by atoms with E-state index in [9.17, 15) is 9.18 Å². The number of hydrogen-bond donors (Lipinski definition) is 2. The van der Waals surface area contributed by atoms with Gasteiger partial charge >= 0.3 is 0 Å². The molecule has 1 aliphatic rings. The molecule has 0 bridgehead atoms. The highest BCUT2D eigenvalue weighted by molar-refractivity contribution is 5.92. The van der Waals surface area contributed by atoms with Crippen LogP contribution in [0.1, 0.15) is 12.8 Å². The molecule has 3 aromatic rings. The zero-order valence-corrected chi connectivity index (χ0v) is 13.7. The normalized spacial score (nSPS) is 15.5. The molecule has 6 heteroatoms. The van der Waals surface area contributed by atoms with Crippen LogP contribution in [0.3, 0.4) is 0 Å². The maximum Gasteiger partial charge on any atom is 0.227 e. The lowest BCUT2D eigenvalue weighted by molar-refractivity contribution is -0.120. The molecule has 2 aromatic carbocycles. The number of hydrogen-bond acceptors (Lipinski definition) is 3. The Morgan fingerprint density at radius 1 is 1.12 bits per heavy atom. The molecular weight excluding hydrogens is 319 g/mol. The molecule has 2 heterocycles. The number of aromatic amines is 1. The van der Waals surface area contributed by atoms with Gasteiger partial charge in [-0.25, -0.2) is 9.37 Å². The van der Waals surface area contributed by atoms with Gasteiger partial charge in [0.25, 0.3) is 0 Å². The zero-order valence-electron chi connectivity index (χ0n) is 13.7. The van der Waals surface area contributed by atoms with E-state index in [1.54, 1.807) is 18.2 Å². The minimum Gasteiger partial charge on any atom is -0.342 e. The van der Waals surface area contributed by atoms with Crippen molar-refractivity contribution in [2.24, 2.45) is 5.92 Å². The van der Waals surface area contributed by atoms with Gasteiger partial charge in [0, 0.05) is 19.0 Å². The van der Waals surface area contributed by atoms with Crippen LogP contribution in [0.15, 0.2) is 48.5 Å². The monoisotopic (exact) mass is 338 g/mol. The highest BCUT2D eigenvalue weighted by atomic mass is 19.1. The van der Waals surface area contributed by atoms with Gasteiger partial charge < -0.3 is 15.2 Å². The number of aromatic nitrogens is 2. The van der Waals surface area contributed by atoms with Crippen LogP contribution >= 0.6 is 0 Å². The number of carbonyl (C=O) groups excluding carboxylic acids is 1. The minimum absolute atomic E-state index is 0.111. The van der Waals surface area contributed by atoms with Crippen molar-refractivity contribution in [2.45, 2.75) is 12.8 Å². The van der Waals surface area contributed by atoms with Crippen molar-refractivity contribution in [3.63, 3.8) is 0 Å². The fourth-order valence-corrected chi connectivity index (χ4v) is 3.24. The second-order valence-electron chi connectivity index (χ2n) is 6.31. The first kappa shape index (κ1) is 15.6. The molecule has 1 saturated heterocycles. The fraction of sp³-hybridized carbons (Fsp3) is 0.263. The Morgan fingerprint density at radius 3 is 2.60 bits per heavy atom. The number of nitrogens with one attached hydrogen (secondary N) is 2. The van der Waals surface area contributed by atoms with Crippen molar-refractivity contribution < 1.29 is 9.18 Å². The second kappa shape index (κ2) is 6.55. The van der Waals surface area contributed by atoms with E-state index in [1.807, 2.05) is 24.3 Å². The molecule has 1 amide bonds. The van der Waals surface area contributed by atoms with Gasteiger partial charge in [0.1, 0.15) is 5.82 Å². The van der Waals surface area contributed by atoms with Gasteiger partial charge in [-0.05, 0) is 37.1 Å². The fourth-order valence-electron chi connectivity index (χ4n) is 3.24. The number of fused-ring (bicyclic) bond motifs is 1. The van der Waals surface area contributed by atoms with E-state index in [2.05, 4.69) is 20.2 Å². The summed E-state index contributed by atoms with van der Waals surface area (Å²) in [6.45, 7) is 1.49. The van der Waals surface area contributed by atoms with Crippen LogP contribution in [0.5, 0.6) is 0 Å². The van der Waals surface area contributed by atoms with E-state index in [-0.39, 0.29) is 17.5 Å². The summed E-state index contributed by atoms with van der Waals surface area (Å²) in [5.41, 5.74) is 2.20. The topological polar surface area (TPSA) is 61.0 Å². The van der Waals surface area contributed by atoms with Crippen LogP contribution in [-0.4, -0.2) is 29.0 Å². The van der Waals surface area contributed by atoms with E-state index >= 15 is 0 Å². The van der Waals surface area contributed by atoms with Crippen molar-refractivity contribution in [1.82, 2.24) is 9.97 Å².